The molecule has 1 heterocycles. The van der Waals surface area contributed by atoms with Crippen molar-refractivity contribution in [1.82, 2.24) is 10.2 Å². The summed E-state index contributed by atoms with van der Waals surface area (Å²) in [6.07, 6.45) is 0.414. The Morgan fingerprint density at radius 2 is 2.00 bits per heavy atom. The van der Waals surface area contributed by atoms with Crippen LogP contribution in [0.3, 0.4) is 0 Å². The monoisotopic (exact) mass is 317 g/mol. The highest BCUT2D eigenvalue weighted by atomic mass is 35.5. The van der Waals surface area contributed by atoms with Gasteiger partial charge in [-0.05, 0) is 13.0 Å². The highest BCUT2D eigenvalue weighted by molar-refractivity contribution is 5.85. The Balaban J connectivity index is 0.00000180. The molecule has 1 atom stereocenters. The van der Waals surface area contributed by atoms with Crippen molar-refractivity contribution < 1.29 is 5.11 Å². The number of hydrogen-bond donors (Lipinski definition) is 2. The summed E-state index contributed by atoms with van der Waals surface area (Å²) in [5, 5.41) is 22.3. The standard InChI is InChI=1S/C14H19N3O.2ClH/c1-11-2-3-14(18)12(10-11)13(4-5-15)17-8-6-16-7-9-17;;/h2-3,10,13,16,18H,4,6-9H2,1H3;2*1H/t13-;;/m1../s1. The molecular formula is C14H21Cl2N3O. The fraction of sp³-hybridized carbons (Fsp3) is 0.500. The van der Waals surface area contributed by atoms with Crippen LogP contribution in [0.5, 0.6) is 5.75 Å². The number of nitriles is 1. The Kier molecular flexibility index (Phi) is 8.59. The van der Waals surface area contributed by atoms with Gasteiger partial charge < -0.3 is 10.4 Å². The van der Waals surface area contributed by atoms with Crippen LogP contribution in [0.25, 0.3) is 0 Å². The number of halogens is 2. The number of phenolic OH excluding ortho intramolecular Hbond substituents is 1. The van der Waals surface area contributed by atoms with Crippen LogP contribution in [0.15, 0.2) is 18.2 Å². The maximum absolute atomic E-state index is 10.0. The number of benzene rings is 1. The van der Waals surface area contributed by atoms with Gasteiger partial charge in [0.15, 0.2) is 0 Å². The fourth-order valence-corrected chi connectivity index (χ4v) is 2.46. The van der Waals surface area contributed by atoms with Gasteiger partial charge in [-0.25, -0.2) is 0 Å². The molecule has 1 aliphatic heterocycles. The minimum Gasteiger partial charge on any atom is -0.508 e. The number of aromatic hydroxyl groups is 1. The van der Waals surface area contributed by atoms with Crippen molar-refractivity contribution in [3.63, 3.8) is 0 Å². The lowest BCUT2D eigenvalue weighted by Gasteiger charge is -2.34. The van der Waals surface area contributed by atoms with E-state index in [9.17, 15) is 5.11 Å². The third kappa shape index (κ3) is 4.53. The van der Waals surface area contributed by atoms with E-state index in [1.54, 1.807) is 6.07 Å². The number of piperazine rings is 1. The third-order valence-corrected chi connectivity index (χ3v) is 3.42. The van der Waals surface area contributed by atoms with Gasteiger partial charge in [0.05, 0.1) is 18.5 Å². The zero-order valence-electron chi connectivity index (χ0n) is 11.5. The molecule has 0 unspecified atom stereocenters. The topological polar surface area (TPSA) is 59.3 Å². The molecule has 0 radical (unpaired) electrons. The van der Waals surface area contributed by atoms with E-state index >= 15 is 0 Å². The van der Waals surface area contributed by atoms with Crippen LogP contribution in [0, 0.1) is 18.3 Å². The first-order valence-corrected chi connectivity index (χ1v) is 6.33. The van der Waals surface area contributed by atoms with Crippen LogP contribution >= 0.6 is 24.8 Å². The lowest BCUT2D eigenvalue weighted by Crippen LogP contribution is -2.45. The molecule has 0 spiro atoms. The molecule has 0 aliphatic carbocycles. The summed E-state index contributed by atoms with van der Waals surface area (Å²) in [5.74, 6) is 0.291. The Bertz CT molecular complexity index is 456. The summed E-state index contributed by atoms with van der Waals surface area (Å²) in [6.45, 7) is 5.71. The zero-order valence-corrected chi connectivity index (χ0v) is 13.1. The van der Waals surface area contributed by atoms with Gasteiger partial charge >= 0.3 is 0 Å². The van der Waals surface area contributed by atoms with Crippen LogP contribution in [0.4, 0.5) is 0 Å². The fourth-order valence-electron chi connectivity index (χ4n) is 2.46. The maximum atomic E-state index is 10.0. The number of nitrogens with zero attached hydrogens (tertiary/aromatic N) is 2. The van der Waals surface area contributed by atoms with Gasteiger partial charge in [-0.2, -0.15) is 5.26 Å². The smallest absolute Gasteiger partial charge is 0.120 e. The first-order valence-electron chi connectivity index (χ1n) is 6.33. The van der Waals surface area contributed by atoms with E-state index in [2.05, 4.69) is 16.3 Å². The van der Waals surface area contributed by atoms with Crippen molar-refractivity contribution in [3.8, 4) is 11.8 Å². The lowest BCUT2D eigenvalue weighted by atomic mass is 9.99. The van der Waals surface area contributed by atoms with Gasteiger partial charge in [0.2, 0.25) is 0 Å². The molecule has 2 rings (SSSR count). The number of aryl methyl sites for hydroxylation is 1. The van der Waals surface area contributed by atoms with E-state index in [0.29, 0.717) is 12.2 Å². The summed E-state index contributed by atoms with van der Waals surface area (Å²) in [6, 6.07) is 7.83. The van der Waals surface area contributed by atoms with Crippen LogP contribution in [-0.4, -0.2) is 36.2 Å². The van der Waals surface area contributed by atoms with Crippen LogP contribution in [-0.2, 0) is 0 Å². The molecule has 6 heteroatoms. The average Bonchev–Trinajstić information content (AvgIpc) is 2.40. The lowest BCUT2D eigenvalue weighted by molar-refractivity contribution is 0.173. The van der Waals surface area contributed by atoms with Crippen molar-refractivity contribution >= 4 is 24.8 Å². The average molecular weight is 318 g/mol. The van der Waals surface area contributed by atoms with Crippen LogP contribution < -0.4 is 5.32 Å². The van der Waals surface area contributed by atoms with Crippen LogP contribution in [0.1, 0.15) is 23.6 Å². The number of phenols is 1. The highest BCUT2D eigenvalue weighted by Crippen LogP contribution is 2.31. The maximum Gasteiger partial charge on any atom is 0.120 e. The quantitative estimate of drug-likeness (QED) is 0.898. The molecule has 0 bridgehead atoms. The predicted molar refractivity (Wildman–Crippen MR) is 84.8 cm³/mol. The minimum atomic E-state index is -0.00278. The Labute approximate surface area is 132 Å². The third-order valence-electron chi connectivity index (χ3n) is 3.42. The summed E-state index contributed by atoms with van der Waals surface area (Å²) >= 11 is 0. The van der Waals surface area contributed by atoms with Gasteiger partial charge in [0, 0.05) is 31.7 Å². The molecular weight excluding hydrogens is 297 g/mol. The number of rotatable bonds is 3. The Morgan fingerprint density at radius 3 is 2.60 bits per heavy atom. The van der Waals surface area contributed by atoms with E-state index < -0.39 is 0 Å². The minimum absolute atomic E-state index is 0. The van der Waals surface area contributed by atoms with Gasteiger partial charge in [-0.3, -0.25) is 4.90 Å². The summed E-state index contributed by atoms with van der Waals surface area (Å²) in [4.78, 5) is 2.27. The van der Waals surface area contributed by atoms with Crippen molar-refractivity contribution in [1.29, 1.82) is 5.26 Å². The van der Waals surface area contributed by atoms with E-state index in [0.717, 1.165) is 37.3 Å². The summed E-state index contributed by atoms with van der Waals surface area (Å²) in [7, 11) is 0. The molecule has 4 nitrogen and oxygen atoms in total. The number of hydrogen-bond acceptors (Lipinski definition) is 4. The van der Waals surface area contributed by atoms with Gasteiger partial charge in [0.25, 0.3) is 0 Å². The molecule has 0 saturated carbocycles. The highest BCUT2D eigenvalue weighted by Gasteiger charge is 2.24. The SMILES string of the molecule is Cc1ccc(O)c([C@@H](CC#N)N2CCNCC2)c1.Cl.Cl. The van der Waals surface area contributed by atoms with E-state index in [1.165, 1.54) is 0 Å². The molecule has 1 fully saturated rings. The second-order valence-electron chi connectivity index (χ2n) is 4.73. The zero-order chi connectivity index (χ0) is 13.0. The second-order valence-corrected chi connectivity index (χ2v) is 4.73. The first-order chi connectivity index (χ1) is 8.72. The molecule has 2 N–H and O–H groups in total. The second kappa shape index (κ2) is 9.04. The van der Waals surface area contributed by atoms with Crippen LogP contribution in [0.2, 0.25) is 0 Å². The van der Waals surface area contributed by atoms with E-state index in [1.807, 2.05) is 19.1 Å². The van der Waals surface area contributed by atoms with Crippen molar-refractivity contribution in [2.24, 2.45) is 0 Å². The van der Waals surface area contributed by atoms with Gasteiger partial charge in [-0.15, -0.1) is 24.8 Å². The van der Waals surface area contributed by atoms with Crippen molar-refractivity contribution in [2.45, 2.75) is 19.4 Å². The Morgan fingerprint density at radius 1 is 1.35 bits per heavy atom. The van der Waals surface area contributed by atoms with Crippen molar-refractivity contribution in [3.05, 3.63) is 29.3 Å². The molecule has 112 valence electrons. The molecule has 0 amide bonds. The van der Waals surface area contributed by atoms with Crippen molar-refractivity contribution in [2.75, 3.05) is 26.2 Å². The summed E-state index contributed by atoms with van der Waals surface area (Å²) < 4.78 is 0. The molecule has 0 aromatic heterocycles. The normalized spacial score (nSPS) is 16.4. The molecule has 1 saturated heterocycles. The predicted octanol–water partition coefficient (Wildman–Crippen LogP) is 2.40. The summed E-state index contributed by atoms with van der Waals surface area (Å²) in [5.41, 5.74) is 1.99. The van der Waals surface area contributed by atoms with E-state index in [4.69, 9.17) is 5.26 Å². The molecule has 1 aromatic carbocycles. The van der Waals surface area contributed by atoms with Gasteiger partial charge in [0.1, 0.15) is 5.75 Å². The number of nitrogens with one attached hydrogen (secondary N) is 1. The van der Waals surface area contributed by atoms with Gasteiger partial charge in [-0.1, -0.05) is 17.7 Å². The largest absolute Gasteiger partial charge is 0.508 e. The van der Waals surface area contributed by atoms with E-state index in [-0.39, 0.29) is 30.9 Å². The molecule has 1 aliphatic rings. The molecule has 20 heavy (non-hydrogen) atoms. The first kappa shape index (κ1) is 19.0. The molecule has 1 aromatic rings. The Hall–Kier alpha value is -0.990.